The van der Waals surface area contributed by atoms with E-state index in [1.165, 1.54) is 4.68 Å². The molecule has 0 saturated heterocycles. The van der Waals surface area contributed by atoms with Gasteiger partial charge < -0.3 is 5.32 Å². The van der Waals surface area contributed by atoms with Crippen molar-refractivity contribution in [2.24, 2.45) is 0 Å². The second-order valence-electron chi connectivity index (χ2n) is 3.76. The van der Waals surface area contributed by atoms with Gasteiger partial charge in [0.2, 0.25) is 0 Å². The molecule has 2 rings (SSSR count). The van der Waals surface area contributed by atoms with Crippen LogP contribution in [0.2, 0.25) is 0 Å². The van der Waals surface area contributed by atoms with Crippen molar-refractivity contribution >= 4 is 0 Å². The number of nitrogens with one attached hydrogen (secondary N) is 1. The minimum absolute atomic E-state index is 0.147. The van der Waals surface area contributed by atoms with Crippen LogP contribution in [0.3, 0.4) is 0 Å². The van der Waals surface area contributed by atoms with Crippen LogP contribution in [0.15, 0.2) is 24.4 Å². The van der Waals surface area contributed by atoms with E-state index in [0.717, 1.165) is 24.4 Å². The number of aromatic nitrogens is 2. The number of halogens is 3. The molecule has 0 radical (unpaired) electrons. The minimum atomic E-state index is -1.47. The zero-order valence-electron chi connectivity index (χ0n) is 9.75. The SMILES string of the molecule is CCNCc1ccn(-c2cc(F)c(F)c(F)c2)n1. The third-order valence-corrected chi connectivity index (χ3v) is 2.43. The van der Waals surface area contributed by atoms with Gasteiger partial charge in [0.1, 0.15) is 0 Å². The van der Waals surface area contributed by atoms with Crippen molar-refractivity contribution in [3.05, 3.63) is 47.5 Å². The maximum Gasteiger partial charge on any atom is 0.194 e. The average Bonchev–Trinajstić information content (AvgIpc) is 2.81. The minimum Gasteiger partial charge on any atom is -0.311 e. The third kappa shape index (κ3) is 2.53. The average molecular weight is 255 g/mol. The molecule has 0 aliphatic carbocycles. The Hall–Kier alpha value is -1.82. The van der Waals surface area contributed by atoms with Gasteiger partial charge in [-0.15, -0.1) is 0 Å². The Morgan fingerprint density at radius 1 is 1.22 bits per heavy atom. The largest absolute Gasteiger partial charge is 0.311 e. The fourth-order valence-corrected chi connectivity index (χ4v) is 1.53. The fraction of sp³-hybridized carbons (Fsp3) is 0.250. The van der Waals surface area contributed by atoms with Gasteiger partial charge in [-0.3, -0.25) is 0 Å². The van der Waals surface area contributed by atoms with Crippen LogP contribution >= 0.6 is 0 Å². The van der Waals surface area contributed by atoms with Crippen LogP contribution in [0, 0.1) is 17.5 Å². The normalized spacial score (nSPS) is 10.9. The van der Waals surface area contributed by atoms with E-state index in [2.05, 4.69) is 10.4 Å². The molecule has 0 unspecified atom stereocenters. The van der Waals surface area contributed by atoms with Crippen LogP contribution in [-0.4, -0.2) is 16.3 Å². The highest BCUT2D eigenvalue weighted by Crippen LogP contribution is 2.16. The van der Waals surface area contributed by atoms with Gasteiger partial charge >= 0.3 is 0 Å². The summed E-state index contributed by atoms with van der Waals surface area (Å²) in [6, 6.07) is 3.53. The molecule has 1 aromatic heterocycles. The first-order valence-corrected chi connectivity index (χ1v) is 5.52. The van der Waals surface area contributed by atoms with E-state index in [0.29, 0.717) is 6.54 Å². The molecule has 0 spiro atoms. The quantitative estimate of drug-likeness (QED) is 0.850. The van der Waals surface area contributed by atoms with Crippen molar-refractivity contribution in [3.63, 3.8) is 0 Å². The van der Waals surface area contributed by atoms with E-state index in [4.69, 9.17) is 0 Å². The molecule has 6 heteroatoms. The maximum atomic E-state index is 13.1. The van der Waals surface area contributed by atoms with Crippen molar-refractivity contribution in [2.45, 2.75) is 13.5 Å². The van der Waals surface area contributed by atoms with Gasteiger partial charge in [0.15, 0.2) is 17.5 Å². The number of hydrogen-bond donors (Lipinski definition) is 1. The van der Waals surface area contributed by atoms with Crippen molar-refractivity contribution in [2.75, 3.05) is 6.54 Å². The van der Waals surface area contributed by atoms with Crippen LogP contribution in [0.1, 0.15) is 12.6 Å². The van der Waals surface area contributed by atoms with Crippen LogP contribution in [0.25, 0.3) is 5.69 Å². The third-order valence-electron chi connectivity index (χ3n) is 2.43. The fourth-order valence-electron chi connectivity index (χ4n) is 1.53. The molecule has 0 amide bonds. The molecule has 1 N–H and O–H groups in total. The molecule has 0 bridgehead atoms. The van der Waals surface area contributed by atoms with Crippen molar-refractivity contribution in [3.8, 4) is 5.69 Å². The molecular weight excluding hydrogens is 243 g/mol. The zero-order chi connectivity index (χ0) is 13.1. The van der Waals surface area contributed by atoms with Gasteiger partial charge in [0.25, 0.3) is 0 Å². The van der Waals surface area contributed by atoms with Gasteiger partial charge in [-0.1, -0.05) is 6.92 Å². The molecule has 0 fully saturated rings. The molecule has 0 aliphatic heterocycles. The highest BCUT2D eigenvalue weighted by molar-refractivity contribution is 5.33. The number of benzene rings is 1. The summed E-state index contributed by atoms with van der Waals surface area (Å²) < 4.78 is 40.2. The lowest BCUT2D eigenvalue weighted by Crippen LogP contribution is -2.12. The predicted octanol–water partition coefficient (Wildman–Crippen LogP) is 2.40. The van der Waals surface area contributed by atoms with E-state index in [1.54, 1.807) is 12.3 Å². The van der Waals surface area contributed by atoms with E-state index >= 15 is 0 Å². The highest BCUT2D eigenvalue weighted by Gasteiger charge is 2.12. The monoisotopic (exact) mass is 255 g/mol. The topological polar surface area (TPSA) is 29.9 Å². The molecule has 96 valence electrons. The summed E-state index contributed by atoms with van der Waals surface area (Å²) in [6.07, 6.45) is 1.57. The Balaban J connectivity index is 2.28. The van der Waals surface area contributed by atoms with Crippen LogP contribution in [0.4, 0.5) is 13.2 Å². The van der Waals surface area contributed by atoms with Crippen LogP contribution < -0.4 is 5.32 Å². The van der Waals surface area contributed by atoms with Gasteiger partial charge in [0.05, 0.1) is 11.4 Å². The molecule has 1 aromatic carbocycles. The van der Waals surface area contributed by atoms with E-state index in [-0.39, 0.29) is 5.69 Å². The second-order valence-corrected chi connectivity index (χ2v) is 3.76. The molecule has 3 nitrogen and oxygen atoms in total. The maximum absolute atomic E-state index is 13.1. The molecule has 2 aromatic rings. The Morgan fingerprint density at radius 3 is 2.50 bits per heavy atom. The van der Waals surface area contributed by atoms with Crippen molar-refractivity contribution in [1.29, 1.82) is 0 Å². The smallest absolute Gasteiger partial charge is 0.194 e. The molecule has 18 heavy (non-hydrogen) atoms. The standard InChI is InChI=1S/C12H12F3N3/c1-2-16-7-8-3-4-18(17-8)9-5-10(13)12(15)11(14)6-9/h3-6,16H,2,7H2,1H3. The number of rotatable bonds is 4. The molecule has 0 aliphatic rings. The van der Waals surface area contributed by atoms with Gasteiger partial charge in [0, 0.05) is 24.9 Å². The van der Waals surface area contributed by atoms with E-state index in [9.17, 15) is 13.2 Å². The Morgan fingerprint density at radius 2 is 1.89 bits per heavy atom. The number of nitrogens with zero attached hydrogens (tertiary/aromatic N) is 2. The summed E-state index contributed by atoms with van der Waals surface area (Å²) in [5.74, 6) is -3.93. The van der Waals surface area contributed by atoms with Gasteiger partial charge in [-0.2, -0.15) is 5.10 Å². The lowest BCUT2D eigenvalue weighted by molar-refractivity contribution is 0.446. The summed E-state index contributed by atoms with van der Waals surface area (Å²) in [7, 11) is 0. The van der Waals surface area contributed by atoms with E-state index < -0.39 is 17.5 Å². The lowest BCUT2D eigenvalue weighted by atomic mass is 10.3. The van der Waals surface area contributed by atoms with Crippen LogP contribution in [-0.2, 0) is 6.54 Å². The molecule has 0 saturated carbocycles. The van der Waals surface area contributed by atoms with Crippen LogP contribution in [0.5, 0.6) is 0 Å². The lowest BCUT2D eigenvalue weighted by Gasteiger charge is -2.03. The highest BCUT2D eigenvalue weighted by atomic mass is 19.2. The Labute approximate surface area is 102 Å². The first-order valence-electron chi connectivity index (χ1n) is 5.52. The predicted molar refractivity (Wildman–Crippen MR) is 60.8 cm³/mol. The first kappa shape index (κ1) is 12.6. The Bertz CT molecular complexity index is 528. The summed E-state index contributed by atoms with van der Waals surface area (Å²) in [6.45, 7) is 3.32. The molecule has 0 atom stereocenters. The van der Waals surface area contributed by atoms with Crippen molar-refractivity contribution in [1.82, 2.24) is 15.1 Å². The number of hydrogen-bond acceptors (Lipinski definition) is 2. The summed E-state index contributed by atoms with van der Waals surface area (Å²) in [5, 5.41) is 7.21. The van der Waals surface area contributed by atoms with E-state index in [1.807, 2.05) is 6.92 Å². The second kappa shape index (κ2) is 5.22. The molecule has 1 heterocycles. The summed E-state index contributed by atoms with van der Waals surface area (Å²) >= 11 is 0. The first-order chi connectivity index (χ1) is 8.61. The van der Waals surface area contributed by atoms with Gasteiger partial charge in [-0.25, -0.2) is 17.9 Å². The molecular formula is C12H12F3N3. The van der Waals surface area contributed by atoms with Gasteiger partial charge in [-0.05, 0) is 12.6 Å². The summed E-state index contributed by atoms with van der Waals surface area (Å²) in [4.78, 5) is 0. The van der Waals surface area contributed by atoms with Crippen molar-refractivity contribution < 1.29 is 13.2 Å². The summed E-state index contributed by atoms with van der Waals surface area (Å²) in [5.41, 5.74) is 0.885. The zero-order valence-corrected chi connectivity index (χ0v) is 9.75. The Kier molecular flexibility index (Phi) is 3.66.